The Morgan fingerprint density at radius 1 is 1.10 bits per heavy atom. The normalized spacial score (nSPS) is 30.6. The monoisotopic (exact) mass is 282 g/mol. The fourth-order valence-corrected chi connectivity index (χ4v) is 3.51. The molecule has 0 amide bonds. The Morgan fingerprint density at radius 3 is 2.50 bits per heavy atom. The maximum absolute atomic E-state index is 11.9. The molecule has 0 aromatic carbocycles. The summed E-state index contributed by atoms with van der Waals surface area (Å²) in [5, 5.41) is 0. The van der Waals surface area contributed by atoms with Gasteiger partial charge in [0, 0.05) is 0 Å². The van der Waals surface area contributed by atoms with Crippen molar-refractivity contribution in [3.63, 3.8) is 0 Å². The Labute approximate surface area is 123 Å². The van der Waals surface area contributed by atoms with E-state index >= 15 is 0 Å². The molecule has 116 valence electrons. The number of ether oxygens (including phenoxy) is 2. The maximum atomic E-state index is 11.9. The first-order valence-corrected chi connectivity index (χ1v) is 8.31. The van der Waals surface area contributed by atoms with Crippen molar-refractivity contribution in [1.82, 2.24) is 0 Å². The standard InChI is InChI=1S/C17H30O3/c1-4-17(2,3)16(18)20-12-19-15-10-9-13-7-5-6-8-14(13)11-15/h13-15H,4-12H2,1-3H3. The maximum Gasteiger partial charge on any atom is 0.313 e. The van der Waals surface area contributed by atoms with Gasteiger partial charge in [-0.05, 0) is 51.4 Å². The van der Waals surface area contributed by atoms with Crippen LogP contribution in [-0.2, 0) is 14.3 Å². The van der Waals surface area contributed by atoms with E-state index < -0.39 is 5.41 Å². The molecule has 3 unspecified atom stereocenters. The highest BCUT2D eigenvalue weighted by atomic mass is 16.7. The van der Waals surface area contributed by atoms with Gasteiger partial charge in [-0.2, -0.15) is 0 Å². The summed E-state index contributed by atoms with van der Waals surface area (Å²) in [6.07, 6.45) is 10.3. The number of esters is 1. The van der Waals surface area contributed by atoms with Crippen molar-refractivity contribution < 1.29 is 14.3 Å². The number of carbonyl (C=O) groups is 1. The van der Waals surface area contributed by atoms with Gasteiger partial charge >= 0.3 is 5.97 Å². The summed E-state index contributed by atoms with van der Waals surface area (Å²) in [5.41, 5.74) is -0.398. The van der Waals surface area contributed by atoms with Crippen molar-refractivity contribution in [2.45, 2.75) is 78.2 Å². The van der Waals surface area contributed by atoms with Gasteiger partial charge in [-0.25, -0.2) is 0 Å². The molecule has 0 bridgehead atoms. The minimum Gasteiger partial charge on any atom is -0.438 e. The minimum atomic E-state index is -0.398. The molecule has 3 nitrogen and oxygen atoms in total. The third-order valence-electron chi connectivity index (χ3n) is 5.42. The van der Waals surface area contributed by atoms with E-state index in [1.54, 1.807) is 0 Å². The van der Waals surface area contributed by atoms with Crippen molar-refractivity contribution >= 4 is 5.97 Å². The summed E-state index contributed by atoms with van der Waals surface area (Å²) in [5.74, 6) is 1.64. The molecule has 20 heavy (non-hydrogen) atoms. The fourth-order valence-electron chi connectivity index (χ4n) is 3.51. The van der Waals surface area contributed by atoms with Crippen molar-refractivity contribution in [1.29, 1.82) is 0 Å². The molecule has 0 aromatic rings. The van der Waals surface area contributed by atoms with E-state index in [1.165, 1.54) is 38.5 Å². The lowest BCUT2D eigenvalue weighted by atomic mass is 9.70. The van der Waals surface area contributed by atoms with Crippen LogP contribution in [0.4, 0.5) is 0 Å². The number of carbonyl (C=O) groups excluding carboxylic acids is 1. The van der Waals surface area contributed by atoms with Crippen molar-refractivity contribution in [3.05, 3.63) is 0 Å². The number of fused-ring (bicyclic) bond motifs is 1. The van der Waals surface area contributed by atoms with Gasteiger partial charge in [-0.3, -0.25) is 4.79 Å². The van der Waals surface area contributed by atoms with Crippen LogP contribution in [0.15, 0.2) is 0 Å². The molecule has 3 heteroatoms. The molecule has 0 saturated heterocycles. The van der Waals surface area contributed by atoms with Gasteiger partial charge in [0.05, 0.1) is 11.5 Å². The Hall–Kier alpha value is -0.570. The van der Waals surface area contributed by atoms with Crippen molar-refractivity contribution in [3.8, 4) is 0 Å². The van der Waals surface area contributed by atoms with Crippen LogP contribution in [0.2, 0.25) is 0 Å². The average molecular weight is 282 g/mol. The van der Waals surface area contributed by atoms with Gasteiger partial charge < -0.3 is 9.47 Å². The zero-order valence-electron chi connectivity index (χ0n) is 13.3. The second-order valence-corrected chi connectivity index (χ2v) is 7.19. The highest BCUT2D eigenvalue weighted by Crippen LogP contribution is 2.41. The van der Waals surface area contributed by atoms with Gasteiger partial charge in [0.1, 0.15) is 0 Å². The van der Waals surface area contributed by atoms with E-state index in [2.05, 4.69) is 0 Å². The lowest BCUT2D eigenvalue weighted by molar-refractivity contribution is -0.174. The summed E-state index contributed by atoms with van der Waals surface area (Å²) in [6, 6.07) is 0. The Bertz CT molecular complexity index is 324. The smallest absolute Gasteiger partial charge is 0.313 e. The molecule has 2 aliphatic carbocycles. The zero-order chi connectivity index (χ0) is 14.6. The van der Waals surface area contributed by atoms with E-state index in [4.69, 9.17) is 9.47 Å². The molecule has 2 aliphatic rings. The molecule has 0 heterocycles. The van der Waals surface area contributed by atoms with Crippen LogP contribution in [0.3, 0.4) is 0 Å². The lowest BCUT2D eigenvalue weighted by Gasteiger charge is -2.39. The van der Waals surface area contributed by atoms with Crippen molar-refractivity contribution in [2.75, 3.05) is 6.79 Å². The molecule has 0 aromatic heterocycles. The number of hydrogen-bond donors (Lipinski definition) is 0. The molecule has 0 aliphatic heterocycles. The third-order valence-corrected chi connectivity index (χ3v) is 5.42. The molecule has 2 fully saturated rings. The second kappa shape index (κ2) is 6.93. The van der Waals surface area contributed by atoms with E-state index in [9.17, 15) is 4.79 Å². The molecule has 2 saturated carbocycles. The van der Waals surface area contributed by atoms with Crippen LogP contribution in [0, 0.1) is 17.3 Å². The first-order valence-electron chi connectivity index (χ1n) is 8.31. The molecule has 2 rings (SSSR count). The second-order valence-electron chi connectivity index (χ2n) is 7.19. The van der Waals surface area contributed by atoms with Crippen LogP contribution in [0.1, 0.15) is 72.1 Å². The topological polar surface area (TPSA) is 35.5 Å². The quantitative estimate of drug-likeness (QED) is 0.557. The van der Waals surface area contributed by atoms with Crippen LogP contribution in [-0.4, -0.2) is 18.9 Å². The third kappa shape index (κ3) is 3.97. The Morgan fingerprint density at radius 2 is 1.80 bits per heavy atom. The minimum absolute atomic E-state index is 0.129. The van der Waals surface area contributed by atoms with Crippen molar-refractivity contribution in [2.24, 2.45) is 17.3 Å². The highest BCUT2D eigenvalue weighted by molar-refractivity contribution is 5.75. The summed E-state index contributed by atoms with van der Waals surface area (Å²) in [4.78, 5) is 11.9. The molecular formula is C17H30O3. The highest BCUT2D eigenvalue weighted by Gasteiger charge is 2.33. The van der Waals surface area contributed by atoms with Gasteiger partial charge in [0.25, 0.3) is 0 Å². The number of hydrogen-bond acceptors (Lipinski definition) is 3. The molecule has 0 N–H and O–H groups in total. The van der Waals surface area contributed by atoms with E-state index in [0.717, 1.165) is 24.7 Å². The lowest BCUT2D eigenvalue weighted by Crippen LogP contribution is -2.33. The fraction of sp³-hybridized carbons (Fsp3) is 0.941. The summed E-state index contributed by atoms with van der Waals surface area (Å²) in [7, 11) is 0. The first-order chi connectivity index (χ1) is 9.53. The largest absolute Gasteiger partial charge is 0.438 e. The zero-order valence-corrected chi connectivity index (χ0v) is 13.3. The average Bonchev–Trinajstić information content (AvgIpc) is 2.47. The first kappa shape index (κ1) is 15.8. The SMILES string of the molecule is CCC(C)(C)C(=O)OCOC1CCC2CCCCC2C1. The molecular weight excluding hydrogens is 252 g/mol. The Balaban J connectivity index is 1.69. The van der Waals surface area contributed by atoms with Crippen LogP contribution < -0.4 is 0 Å². The van der Waals surface area contributed by atoms with Gasteiger partial charge in [-0.15, -0.1) is 0 Å². The predicted molar refractivity (Wildman–Crippen MR) is 79.2 cm³/mol. The van der Waals surface area contributed by atoms with Gasteiger partial charge in [0.15, 0.2) is 6.79 Å². The van der Waals surface area contributed by atoms with Gasteiger partial charge in [-0.1, -0.05) is 32.6 Å². The Kier molecular flexibility index (Phi) is 5.48. The van der Waals surface area contributed by atoms with E-state index in [-0.39, 0.29) is 12.8 Å². The summed E-state index contributed by atoms with van der Waals surface area (Å²) in [6.45, 7) is 5.97. The number of rotatable bonds is 5. The molecule has 0 spiro atoms. The van der Waals surface area contributed by atoms with Crippen LogP contribution >= 0.6 is 0 Å². The molecule has 3 atom stereocenters. The van der Waals surface area contributed by atoms with Crippen LogP contribution in [0.5, 0.6) is 0 Å². The summed E-state index contributed by atoms with van der Waals surface area (Å²) >= 11 is 0. The van der Waals surface area contributed by atoms with E-state index in [0.29, 0.717) is 6.10 Å². The summed E-state index contributed by atoms with van der Waals surface area (Å²) < 4.78 is 11.1. The predicted octanol–water partition coefficient (Wildman–Crippen LogP) is 4.30. The van der Waals surface area contributed by atoms with E-state index in [1.807, 2.05) is 20.8 Å². The van der Waals surface area contributed by atoms with Crippen LogP contribution in [0.25, 0.3) is 0 Å². The molecule has 0 radical (unpaired) electrons. The van der Waals surface area contributed by atoms with Gasteiger partial charge in [0.2, 0.25) is 0 Å².